The van der Waals surface area contributed by atoms with Gasteiger partial charge in [0, 0.05) is 25.7 Å². The number of aldehydes is 1. The Bertz CT molecular complexity index is 498. The van der Waals surface area contributed by atoms with Crippen molar-refractivity contribution in [2.75, 3.05) is 19.6 Å². The maximum Gasteiger partial charge on any atom is 0.119 e. The molecule has 2 fully saturated rings. The Hall–Kier alpha value is -1.16. The normalized spacial score (nSPS) is 17.7. The van der Waals surface area contributed by atoms with Crippen molar-refractivity contribution in [2.45, 2.75) is 118 Å². The van der Waals surface area contributed by atoms with Crippen molar-refractivity contribution in [3.63, 3.8) is 0 Å². The zero-order chi connectivity index (χ0) is 22.8. The maximum atomic E-state index is 9.17. The van der Waals surface area contributed by atoms with Gasteiger partial charge < -0.3 is 9.69 Å². The van der Waals surface area contributed by atoms with Crippen molar-refractivity contribution < 1.29 is 4.79 Å². The number of hydrogen-bond acceptors (Lipinski definition) is 3. The first-order valence-electron chi connectivity index (χ1n) is 12.8. The molecular formula is C26H51N3O. The van der Waals surface area contributed by atoms with E-state index in [2.05, 4.69) is 40.9 Å². The van der Waals surface area contributed by atoms with E-state index in [1.807, 2.05) is 34.6 Å². The highest BCUT2D eigenvalue weighted by Gasteiger charge is 2.22. The van der Waals surface area contributed by atoms with Crippen LogP contribution in [0.4, 0.5) is 0 Å². The molecule has 0 unspecified atom stereocenters. The lowest BCUT2D eigenvalue weighted by Gasteiger charge is -2.33. The average Bonchev–Trinajstić information content (AvgIpc) is 3.32. The van der Waals surface area contributed by atoms with E-state index in [1.54, 1.807) is 0 Å². The molecule has 2 aliphatic rings. The zero-order valence-corrected chi connectivity index (χ0v) is 21.2. The van der Waals surface area contributed by atoms with Crippen LogP contribution in [-0.4, -0.2) is 40.6 Å². The average molecular weight is 422 g/mol. The van der Waals surface area contributed by atoms with Crippen LogP contribution < -0.4 is 0 Å². The summed E-state index contributed by atoms with van der Waals surface area (Å²) in [5, 5.41) is 4.60. The molecule has 0 amide bonds. The van der Waals surface area contributed by atoms with Crippen LogP contribution in [0.2, 0.25) is 0 Å². The van der Waals surface area contributed by atoms with Gasteiger partial charge in [-0.15, -0.1) is 0 Å². The number of hydrogen-bond donors (Lipinski definition) is 0. The molecular weight excluding hydrogens is 370 g/mol. The molecule has 0 atom stereocenters. The van der Waals surface area contributed by atoms with Crippen molar-refractivity contribution in [3.8, 4) is 0 Å². The smallest absolute Gasteiger partial charge is 0.119 e. The number of carbonyl (C=O) groups is 1. The lowest BCUT2D eigenvalue weighted by molar-refractivity contribution is -0.107. The molecule has 1 saturated carbocycles. The predicted octanol–water partition coefficient (Wildman–Crippen LogP) is 7.26. The number of nitrogens with zero attached hydrogens (tertiary/aromatic N) is 3. The summed E-state index contributed by atoms with van der Waals surface area (Å²) < 4.78 is 2.23. The number of rotatable bonds is 6. The van der Waals surface area contributed by atoms with Gasteiger partial charge in [0.2, 0.25) is 0 Å². The van der Waals surface area contributed by atoms with E-state index in [4.69, 9.17) is 0 Å². The number of likely N-dealkylation sites (tertiary alicyclic amines) is 1. The van der Waals surface area contributed by atoms with Crippen LogP contribution in [-0.2, 0) is 4.79 Å². The third-order valence-corrected chi connectivity index (χ3v) is 5.96. The lowest BCUT2D eigenvalue weighted by atomic mass is 9.87. The Labute approximate surface area is 187 Å². The Balaban J connectivity index is 0.000000924. The first kappa shape index (κ1) is 28.8. The van der Waals surface area contributed by atoms with Gasteiger partial charge in [-0.25, -0.2) is 0 Å². The summed E-state index contributed by atoms with van der Waals surface area (Å²) in [6.07, 6.45) is 17.2. The highest BCUT2D eigenvalue weighted by atomic mass is 16.1. The molecule has 176 valence electrons. The van der Waals surface area contributed by atoms with E-state index < -0.39 is 0 Å². The second kappa shape index (κ2) is 18.6. The predicted molar refractivity (Wildman–Crippen MR) is 131 cm³/mol. The molecule has 30 heavy (non-hydrogen) atoms. The van der Waals surface area contributed by atoms with Gasteiger partial charge in [0.25, 0.3) is 0 Å². The van der Waals surface area contributed by atoms with Gasteiger partial charge in [-0.1, -0.05) is 80.6 Å². The summed E-state index contributed by atoms with van der Waals surface area (Å²) in [6.45, 7) is 18.1. The molecule has 1 aliphatic carbocycles. The topological polar surface area (TPSA) is 38.1 Å². The van der Waals surface area contributed by atoms with E-state index in [0.29, 0.717) is 18.4 Å². The van der Waals surface area contributed by atoms with E-state index in [1.165, 1.54) is 76.6 Å². The monoisotopic (exact) mass is 421 g/mol. The summed E-state index contributed by atoms with van der Waals surface area (Å²) >= 11 is 0. The fraction of sp³-hybridized carbons (Fsp3) is 0.846. The van der Waals surface area contributed by atoms with Crippen LogP contribution in [0.15, 0.2) is 12.4 Å². The standard InChI is InChI=1S/C19H33N3.C3H6O.2C2H6/c1-16(2)18-14-20-22(15-18)19-9-12-21(13-10-19)11-8-17-6-4-3-5-7-17;1-2-3-4;2*1-2/h14-17,19H,3-13H2,1-2H3;3H,2H2,1H3;2*1-2H3. The minimum absolute atomic E-state index is 0.587. The minimum atomic E-state index is 0.587. The number of carbonyl (C=O) groups excluding carboxylic acids is 1. The van der Waals surface area contributed by atoms with Crippen molar-refractivity contribution in [3.05, 3.63) is 18.0 Å². The largest absolute Gasteiger partial charge is 0.303 e. The van der Waals surface area contributed by atoms with E-state index in [0.717, 1.165) is 12.2 Å². The summed E-state index contributed by atoms with van der Waals surface area (Å²) in [5.74, 6) is 1.61. The van der Waals surface area contributed by atoms with Crippen LogP contribution >= 0.6 is 0 Å². The Kier molecular flexibility index (Phi) is 17.9. The second-order valence-corrected chi connectivity index (χ2v) is 8.35. The molecule has 0 radical (unpaired) electrons. The molecule has 0 spiro atoms. The summed E-state index contributed by atoms with van der Waals surface area (Å²) in [4.78, 5) is 11.9. The van der Waals surface area contributed by atoms with Crippen molar-refractivity contribution >= 4 is 6.29 Å². The van der Waals surface area contributed by atoms with Crippen molar-refractivity contribution in [1.29, 1.82) is 0 Å². The lowest BCUT2D eigenvalue weighted by Crippen LogP contribution is -2.36. The van der Waals surface area contributed by atoms with Gasteiger partial charge in [-0.3, -0.25) is 4.68 Å². The van der Waals surface area contributed by atoms with Gasteiger partial charge in [0.15, 0.2) is 0 Å². The Morgan fingerprint density at radius 2 is 1.60 bits per heavy atom. The van der Waals surface area contributed by atoms with Gasteiger partial charge in [0.1, 0.15) is 6.29 Å². The molecule has 4 heteroatoms. The molecule has 2 heterocycles. The first-order valence-corrected chi connectivity index (χ1v) is 12.8. The third kappa shape index (κ3) is 11.3. The van der Waals surface area contributed by atoms with E-state index in [9.17, 15) is 4.79 Å². The SMILES string of the molecule is CC.CC.CC(C)c1cnn(C2CCN(CCC3CCCCC3)CC2)c1.CCC=O. The second-order valence-electron chi connectivity index (χ2n) is 8.35. The third-order valence-electron chi connectivity index (χ3n) is 5.96. The molecule has 1 aromatic rings. The fourth-order valence-electron chi connectivity index (χ4n) is 4.10. The van der Waals surface area contributed by atoms with Crippen molar-refractivity contribution in [1.82, 2.24) is 14.7 Å². The van der Waals surface area contributed by atoms with E-state index in [-0.39, 0.29) is 0 Å². The highest BCUT2D eigenvalue weighted by molar-refractivity contribution is 5.48. The summed E-state index contributed by atoms with van der Waals surface area (Å²) in [6, 6.07) is 0.624. The minimum Gasteiger partial charge on any atom is -0.303 e. The summed E-state index contributed by atoms with van der Waals surface area (Å²) in [5.41, 5.74) is 1.37. The van der Waals surface area contributed by atoms with Gasteiger partial charge in [-0.05, 0) is 43.2 Å². The van der Waals surface area contributed by atoms with Gasteiger partial charge in [-0.2, -0.15) is 5.10 Å². The first-order chi connectivity index (χ1) is 14.6. The van der Waals surface area contributed by atoms with Crippen molar-refractivity contribution in [2.24, 2.45) is 5.92 Å². The molecule has 3 rings (SSSR count). The van der Waals surface area contributed by atoms with Crippen LogP contribution in [0, 0.1) is 5.92 Å². The van der Waals surface area contributed by atoms with Crippen LogP contribution in [0.5, 0.6) is 0 Å². The van der Waals surface area contributed by atoms with Gasteiger partial charge in [0.05, 0.1) is 12.2 Å². The fourth-order valence-corrected chi connectivity index (χ4v) is 4.10. The van der Waals surface area contributed by atoms with Crippen LogP contribution in [0.1, 0.15) is 124 Å². The highest BCUT2D eigenvalue weighted by Crippen LogP contribution is 2.28. The maximum absolute atomic E-state index is 9.17. The quantitative estimate of drug-likeness (QED) is 0.454. The van der Waals surface area contributed by atoms with Crippen LogP contribution in [0.3, 0.4) is 0 Å². The molecule has 1 saturated heterocycles. The van der Waals surface area contributed by atoms with E-state index >= 15 is 0 Å². The zero-order valence-electron chi connectivity index (χ0n) is 21.2. The Morgan fingerprint density at radius 3 is 2.07 bits per heavy atom. The molecule has 0 bridgehead atoms. The van der Waals surface area contributed by atoms with Gasteiger partial charge >= 0.3 is 0 Å². The number of piperidine rings is 1. The molecule has 4 nitrogen and oxygen atoms in total. The number of aromatic nitrogens is 2. The molecule has 1 aliphatic heterocycles. The molecule has 0 N–H and O–H groups in total. The molecule has 0 aromatic carbocycles. The molecule has 1 aromatic heterocycles. The Morgan fingerprint density at radius 1 is 1.03 bits per heavy atom. The summed E-state index contributed by atoms with van der Waals surface area (Å²) in [7, 11) is 0. The van der Waals surface area contributed by atoms with Crippen LogP contribution in [0.25, 0.3) is 0 Å².